The van der Waals surface area contributed by atoms with E-state index in [2.05, 4.69) is 27.8 Å². The molecule has 0 radical (unpaired) electrons. The summed E-state index contributed by atoms with van der Waals surface area (Å²) in [5.41, 5.74) is 1.33. The SMILES string of the molecule is Cn1ccc(=O)c2ncn(I)c21. The largest absolute Gasteiger partial charge is 0.335 e. The number of fused-ring (bicyclic) bond motifs is 1. The molecule has 0 atom stereocenters. The second-order valence-corrected chi connectivity index (χ2v) is 3.56. The van der Waals surface area contributed by atoms with Crippen molar-refractivity contribution in [2.45, 2.75) is 0 Å². The molecule has 0 saturated heterocycles. The van der Waals surface area contributed by atoms with E-state index in [4.69, 9.17) is 0 Å². The van der Waals surface area contributed by atoms with Crippen molar-refractivity contribution in [3.63, 3.8) is 0 Å². The molecule has 0 aromatic carbocycles. The van der Waals surface area contributed by atoms with Gasteiger partial charge in [0, 0.05) is 19.3 Å². The molecule has 0 N–H and O–H groups in total. The van der Waals surface area contributed by atoms with Crippen LogP contribution in [0.4, 0.5) is 0 Å². The van der Waals surface area contributed by atoms with Gasteiger partial charge >= 0.3 is 0 Å². The second-order valence-electron chi connectivity index (χ2n) is 2.52. The van der Waals surface area contributed by atoms with Crippen LogP contribution in [-0.4, -0.2) is 12.3 Å². The van der Waals surface area contributed by atoms with E-state index < -0.39 is 0 Å². The molecule has 0 saturated carbocycles. The average molecular weight is 275 g/mol. The van der Waals surface area contributed by atoms with Crippen molar-refractivity contribution in [3.05, 3.63) is 28.8 Å². The highest BCUT2D eigenvalue weighted by Gasteiger charge is 2.05. The Kier molecular flexibility index (Phi) is 1.67. The third-order valence-electron chi connectivity index (χ3n) is 1.72. The molecule has 5 heteroatoms. The number of aromatic nitrogens is 3. The molecule has 2 rings (SSSR count). The summed E-state index contributed by atoms with van der Waals surface area (Å²) in [4.78, 5) is 15.3. The van der Waals surface area contributed by atoms with Crippen LogP contribution < -0.4 is 5.43 Å². The molecule has 0 aliphatic rings. The standard InChI is InChI=1S/C7H6IN3O/c1-10-3-2-5(12)6-7(10)11(8)4-9-6/h2-4H,1H3. The molecule has 0 aliphatic carbocycles. The van der Waals surface area contributed by atoms with E-state index in [1.54, 1.807) is 15.3 Å². The van der Waals surface area contributed by atoms with Crippen molar-refractivity contribution in [3.8, 4) is 0 Å². The van der Waals surface area contributed by atoms with E-state index in [1.165, 1.54) is 6.07 Å². The fraction of sp³-hybridized carbons (Fsp3) is 0.143. The first-order valence-corrected chi connectivity index (χ1v) is 4.35. The van der Waals surface area contributed by atoms with Crippen LogP contribution in [0.25, 0.3) is 11.2 Å². The Labute approximate surface area is 82.3 Å². The Bertz CT molecular complexity index is 485. The molecule has 4 nitrogen and oxygen atoms in total. The summed E-state index contributed by atoms with van der Waals surface area (Å²) in [6, 6.07) is 1.52. The number of imidazole rings is 1. The fourth-order valence-electron chi connectivity index (χ4n) is 1.14. The fourth-order valence-corrected chi connectivity index (χ4v) is 1.84. The van der Waals surface area contributed by atoms with E-state index in [1.807, 2.05) is 11.6 Å². The van der Waals surface area contributed by atoms with Crippen LogP contribution in [0, 0.1) is 0 Å². The first-order valence-electron chi connectivity index (χ1n) is 3.39. The molecule has 12 heavy (non-hydrogen) atoms. The number of nitrogens with zero attached hydrogens (tertiary/aromatic N) is 3. The maximum atomic E-state index is 11.3. The summed E-state index contributed by atoms with van der Waals surface area (Å²) < 4.78 is 3.67. The molecule has 62 valence electrons. The van der Waals surface area contributed by atoms with Gasteiger partial charge in [0.1, 0.15) is 6.33 Å². The molecule has 0 spiro atoms. The number of aryl methyl sites for hydroxylation is 1. The monoisotopic (exact) mass is 275 g/mol. The predicted molar refractivity (Wildman–Crippen MR) is 54.4 cm³/mol. The highest BCUT2D eigenvalue weighted by atomic mass is 127. The van der Waals surface area contributed by atoms with Gasteiger partial charge in [-0.05, 0) is 0 Å². The van der Waals surface area contributed by atoms with Crippen LogP contribution in [0.5, 0.6) is 0 Å². The Balaban J connectivity index is 3.09. The summed E-state index contributed by atoms with van der Waals surface area (Å²) in [5, 5.41) is 0. The topological polar surface area (TPSA) is 39.8 Å². The number of rotatable bonds is 0. The molecule has 0 bridgehead atoms. The Morgan fingerprint density at radius 3 is 3.00 bits per heavy atom. The van der Waals surface area contributed by atoms with E-state index in [0.717, 1.165) is 5.65 Å². The second kappa shape index (κ2) is 2.58. The van der Waals surface area contributed by atoms with E-state index in [0.29, 0.717) is 5.52 Å². The molecule has 0 fully saturated rings. The zero-order valence-corrected chi connectivity index (χ0v) is 8.52. The van der Waals surface area contributed by atoms with Crippen LogP contribution in [0.2, 0.25) is 0 Å². The predicted octanol–water partition coefficient (Wildman–Crippen LogP) is 0.933. The van der Waals surface area contributed by atoms with Gasteiger partial charge in [-0.15, -0.1) is 0 Å². The molecule has 0 amide bonds. The summed E-state index contributed by atoms with van der Waals surface area (Å²) in [5.74, 6) is 0. The molecule has 2 aromatic rings. The lowest BCUT2D eigenvalue weighted by Crippen LogP contribution is -2.05. The summed E-state index contributed by atoms with van der Waals surface area (Å²) in [6.45, 7) is 0. The normalized spacial score (nSPS) is 10.8. The van der Waals surface area contributed by atoms with E-state index >= 15 is 0 Å². The third kappa shape index (κ3) is 0.961. The molecule has 0 unspecified atom stereocenters. The van der Waals surface area contributed by atoms with Gasteiger partial charge in [-0.3, -0.25) is 7.58 Å². The minimum absolute atomic E-state index is 0.0292. The van der Waals surface area contributed by atoms with Gasteiger partial charge in [-0.1, -0.05) is 0 Å². The van der Waals surface area contributed by atoms with Gasteiger partial charge in [-0.25, -0.2) is 4.98 Å². The quantitative estimate of drug-likeness (QED) is 0.671. The average Bonchev–Trinajstić information content (AvgIpc) is 2.42. The summed E-state index contributed by atoms with van der Waals surface area (Å²) >= 11 is 2.09. The van der Waals surface area contributed by atoms with Crippen LogP contribution >= 0.6 is 22.9 Å². The smallest absolute Gasteiger partial charge is 0.209 e. The molecule has 2 aromatic heterocycles. The number of halogens is 1. The molecule has 0 aliphatic heterocycles. The summed E-state index contributed by atoms with van der Waals surface area (Å²) in [6.07, 6.45) is 3.37. The lowest BCUT2D eigenvalue weighted by atomic mass is 10.4. The zero-order valence-electron chi connectivity index (χ0n) is 6.36. The highest BCUT2D eigenvalue weighted by Crippen LogP contribution is 2.09. The first kappa shape index (κ1) is 7.78. The van der Waals surface area contributed by atoms with Gasteiger partial charge < -0.3 is 4.57 Å². The first-order chi connectivity index (χ1) is 5.70. The van der Waals surface area contributed by atoms with Crippen LogP contribution in [0.15, 0.2) is 23.4 Å². The lowest BCUT2D eigenvalue weighted by Gasteiger charge is -1.99. The number of pyridine rings is 1. The number of hydrogen-bond acceptors (Lipinski definition) is 2. The van der Waals surface area contributed by atoms with Gasteiger partial charge in [0.15, 0.2) is 11.2 Å². The minimum atomic E-state index is -0.0292. The van der Waals surface area contributed by atoms with Gasteiger partial charge in [0.25, 0.3) is 0 Å². The van der Waals surface area contributed by atoms with Crippen molar-refractivity contribution >= 4 is 34.0 Å². The van der Waals surface area contributed by atoms with Gasteiger partial charge in [0.2, 0.25) is 5.43 Å². The zero-order chi connectivity index (χ0) is 8.72. The van der Waals surface area contributed by atoms with Crippen molar-refractivity contribution in [2.24, 2.45) is 7.05 Å². The van der Waals surface area contributed by atoms with E-state index in [9.17, 15) is 4.79 Å². The van der Waals surface area contributed by atoms with E-state index in [-0.39, 0.29) is 5.43 Å². The third-order valence-corrected chi connectivity index (χ3v) is 2.43. The molecule has 2 heterocycles. The van der Waals surface area contributed by atoms with Gasteiger partial charge in [0.05, 0.1) is 22.9 Å². The van der Waals surface area contributed by atoms with Crippen LogP contribution in [-0.2, 0) is 7.05 Å². The van der Waals surface area contributed by atoms with Crippen molar-refractivity contribution < 1.29 is 0 Å². The maximum absolute atomic E-state index is 11.3. The highest BCUT2D eigenvalue weighted by molar-refractivity contribution is 14.1. The minimum Gasteiger partial charge on any atom is -0.335 e. The Morgan fingerprint density at radius 1 is 1.58 bits per heavy atom. The maximum Gasteiger partial charge on any atom is 0.209 e. The van der Waals surface area contributed by atoms with Crippen molar-refractivity contribution in [1.82, 2.24) is 12.3 Å². The van der Waals surface area contributed by atoms with Crippen molar-refractivity contribution in [1.29, 1.82) is 0 Å². The lowest BCUT2D eigenvalue weighted by molar-refractivity contribution is 0.931. The van der Waals surface area contributed by atoms with Crippen LogP contribution in [0.1, 0.15) is 0 Å². The van der Waals surface area contributed by atoms with Crippen molar-refractivity contribution in [2.75, 3.05) is 0 Å². The van der Waals surface area contributed by atoms with Crippen LogP contribution in [0.3, 0.4) is 0 Å². The summed E-state index contributed by atoms with van der Waals surface area (Å²) in [7, 11) is 1.89. The number of hydrogen-bond donors (Lipinski definition) is 0. The molecular formula is C7H6IN3O. The Hall–Kier alpha value is -0.850. The van der Waals surface area contributed by atoms with Gasteiger partial charge in [-0.2, -0.15) is 0 Å². The Morgan fingerprint density at radius 2 is 2.33 bits per heavy atom. The molecular weight excluding hydrogens is 269 g/mol.